The monoisotopic (exact) mass is 309 g/mol. The molecule has 1 atom stereocenters. The third-order valence-electron chi connectivity index (χ3n) is 3.77. The average molecular weight is 310 g/mol. The van der Waals surface area contributed by atoms with Crippen molar-refractivity contribution < 1.29 is 9.13 Å². The normalized spacial score (nSPS) is 21.9. The summed E-state index contributed by atoms with van der Waals surface area (Å²) in [5, 5.41) is 3.61. The Bertz CT molecular complexity index is 515. The molecule has 0 saturated heterocycles. The molecule has 0 aliphatic heterocycles. The lowest BCUT2D eigenvalue weighted by Gasteiger charge is -2.33. The maximum Gasteiger partial charge on any atom is 0.138 e. The molecule has 2 rings (SSSR count). The van der Waals surface area contributed by atoms with Gasteiger partial charge in [-0.05, 0) is 31.0 Å². The number of hydrogen-bond acceptors (Lipinski definition) is 2. The lowest BCUT2D eigenvalue weighted by Crippen LogP contribution is -2.38. The number of nitrogens with one attached hydrogen (secondary N) is 1. The molecule has 1 aromatic rings. The van der Waals surface area contributed by atoms with E-state index in [4.69, 9.17) is 16.3 Å². The van der Waals surface area contributed by atoms with Crippen LogP contribution in [0.2, 0.25) is 0 Å². The summed E-state index contributed by atoms with van der Waals surface area (Å²) in [6.45, 7) is 2.24. The third-order valence-corrected chi connectivity index (χ3v) is 4.10. The molecule has 0 unspecified atom stereocenters. The highest BCUT2D eigenvalue weighted by Crippen LogP contribution is 2.38. The molecule has 0 aromatic heterocycles. The molecule has 1 aliphatic carbocycles. The Morgan fingerprint density at radius 1 is 1.33 bits per heavy atom. The summed E-state index contributed by atoms with van der Waals surface area (Å²) < 4.78 is 19.0. The highest BCUT2D eigenvalue weighted by Gasteiger charge is 2.32. The molecular formula is C17H21ClFNO. The zero-order chi connectivity index (χ0) is 15.1. The van der Waals surface area contributed by atoms with Gasteiger partial charge in [0.2, 0.25) is 0 Å². The zero-order valence-corrected chi connectivity index (χ0v) is 13.0. The minimum atomic E-state index is -0.378. The van der Waals surface area contributed by atoms with Crippen molar-refractivity contribution in [2.75, 3.05) is 26.8 Å². The molecule has 1 N–H and O–H groups in total. The van der Waals surface area contributed by atoms with Crippen LogP contribution in [0.1, 0.15) is 18.4 Å². The molecule has 21 heavy (non-hydrogen) atoms. The summed E-state index contributed by atoms with van der Waals surface area (Å²) in [6.07, 6.45) is 5.04. The number of hydrogen-bond donors (Lipinski definition) is 1. The minimum absolute atomic E-state index is 0.209. The standard InChI is InChI=1S/C17H21ClFNO/c1-21-11-5-10-20-13-17(14-6-3-2-4-7-14)9-8-15(18)16(19)12-17/h2-4,6-8,12,20H,5,9-11,13H2,1H3/t17-/m1/s1. The quantitative estimate of drug-likeness (QED) is 0.771. The van der Waals surface area contributed by atoms with Crippen LogP contribution in [0, 0.1) is 0 Å². The number of methoxy groups -OCH3 is 1. The molecule has 0 saturated carbocycles. The smallest absolute Gasteiger partial charge is 0.138 e. The van der Waals surface area contributed by atoms with Gasteiger partial charge in [0.05, 0.1) is 5.03 Å². The van der Waals surface area contributed by atoms with Gasteiger partial charge in [0.25, 0.3) is 0 Å². The second kappa shape index (κ2) is 7.74. The minimum Gasteiger partial charge on any atom is -0.385 e. The predicted octanol–water partition coefficient (Wildman–Crippen LogP) is 3.93. The van der Waals surface area contributed by atoms with Gasteiger partial charge in [0.1, 0.15) is 5.83 Å². The lowest BCUT2D eigenvalue weighted by molar-refractivity contribution is 0.193. The highest BCUT2D eigenvalue weighted by molar-refractivity contribution is 6.31. The SMILES string of the molecule is COCCCNC[C@]1(c2ccccc2)C=C(F)C(Cl)=CC1. The van der Waals surface area contributed by atoms with E-state index >= 15 is 0 Å². The molecule has 0 amide bonds. The fourth-order valence-corrected chi connectivity index (χ4v) is 2.72. The van der Waals surface area contributed by atoms with E-state index in [-0.39, 0.29) is 16.3 Å². The highest BCUT2D eigenvalue weighted by atomic mass is 35.5. The van der Waals surface area contributed by atoms with Crippen LogP contribution in [-0.4, -0.2) is 26.8 Å². The number of halogens is 2. The van der Waals surface area contributed by atoms with E-state index in [9.17, 15) is 4.39 Å². The van der Waals surface area contributed by atoms with Crippen molar-refractivity contribution in [3.63, 3.8) is 0 Å². The maximum absolute atomic E-state index is 14.0. The summed E-state index contributed by atoms with van der Waals surface area (Å²) in [7, 11) is 1.69. The van der Waals surface area contributed by atoms with Crippen LogP contribution in [0.5, 0.6) is 0 Å². The summed E-state index contributed by atoms with van der Waals surface area (Å²) in [4.78, 5) is 0. The van der Waals surface area contributed by atoms with Crippen LogP contribution >= 0.6 is 11.6 Å². The largest absolute Gasteiger partial charge is 0.385 e. The molecular weight excluding hydrogens is 289 g/mol. The topological polar surface area (TPSA) is 21.3 Å². The Morgan fingerprint density at radius 2 is 2.10 bits per heavy atom. The van der Waals surface area contributed by atoms with Crippen molar-refractivity contribution in [1.29, 1.82) is 0 Å². The van der Waals surface area contributed by atoms with Crippen LogP contribution in [0.4, 0.5) is 4.39 Å². The fourth-order valence-electron chi connectivity index (χ4n) is 2.59. The third kappa shape index (κ3) is 4.16. The molecule has 0 radical (unpaired) electrons. The van der Waals surface area contributed by atoms with Crippen molar-refractivity contribution in [3.8, 4) is 0 Å². The van der Waals surface area contributed by atoms with Crippen molar-refractivity contribution in [1.82, 2.24) is 5.32 Å². The van der Waals surface area contributed by atoms with E-state index < -0.39 is 0 Å². The van der Waals surface area contributed by atoms with E-state index in [0.717, 1.165) is 25.1 Å². The predicted molar refractivity (Wildman–Crippen MR) is 85.2 cm³/mol. The first-order chi connectivity index (χ1) is 10.2. The van der Waals surface area contributed by atoms with Crippen molar-refractivity contribution in [2.45, 2.75) is 18.3 Å². The Labute approximate surface area is 130 Å². The Kier molecular flexibility index (Phi) is 5.97. The molecule has 1 aliphatic rings. The van der Waals surface area contributed by atoms with Gasteiger partial charge < -0.3 is 10.1 Å². The summed E-state index contributed by atoms with van der Waals surface area (Å²) in [5.74, 6) is -0.342. The molecule has 4 heteroatoms. The van der Waals surface area contributed by atoms with Crippen molar-refractivity contribution in [2.24, 2.45) is 0 Å². The van der Waals surface area contributed by atoms with E-state index in [2.05, 4.69) is 5.32 Å². The first kappa shape index (κ1) is 16.2. The Hall–Kier alpha value is -1.16. The fraction of sp³-hybridized carbons (Fsp3) is 0.412. The van der Waals surface area contributed by atoms with Crippen molar-refractivity contribution in [3.05, 3.63) is 58.9 Å². The van der Waals surface area contributed by atoms with Gasteiger partial charge in [-0.1, -0.05) is 48.0 Å². The van der Waals surface area contributed by atoms with Gasteiger partial charge in [-0.15, -0.1) is 0 Å². The zero-order valence-electron chi connectivity index (χ0n) is 12.2. The summed E-state index contributed by atoms with van der Waals surface area (Å²) in [6, 6.07) is 10.00. The average Bonchev–Trinajstić information content (AvgIpc) is 2.52. The van der Waals surface area contributed by atoms with Crippen molar-refractivity contribution >= 4 is 11.6 Å². The molecule has 0 bridgehead atoms. The van der Waals surface area contributed by atoms with Crippen LogP contribution in [0.3, 0.4) is 0 Å². The van der Waals surface area contributed by atoms with Crippen LogP contribution < -0.4 is 5.32 Å². The second-order valence-corrected chi connectivity index (χ2v) is 5.70. The van der Waals surface area contributed by atoms with Crippen LogP contribution in [0.15, 0.2) is 53.3 Å². The molecule has 1 aromatic carbocycles. The van der Waals surface area contributed by atoms with E-state index in [0.29, 0.717) is 13.0 Å². The van der Waals surface area contributed by atoms with Gasteiger partial charge in [0.15, 0.2) is 0 Å². The summed E-state index contributed by atoms with van der Waals surface area (Å²) >= 11 is 5.87. The Balaban J connectivity index is 2.13. The lowest BCUT2D eigenvalue weighted by atomic mass is 9.75. The number of rotatable bonds is 7. The molecule has 0 spiro atoms. The van der Waals surface area contributed by atoms with Gasteiger partial charge in [-0.2, -0.15) is 0 Å². The van der Waals surface area contributed by atoms with Gasteiger partial charge in [0, 0.05) is 25.7 Å². The second-order valence-electron chi connectivity index (χ2n) is 5.29. The van der Waals surface area contributed by atoms with E-state index in [1.54, 1.807) is 19.3 Å². The first-order valence-electron chi connectivity index (χ1n) is 7.17. The molecule has 0 fully saturated rings. The number of ether oxygens (including phenoxy) is 1. The van der Waals surface area contributed by atoms with Gasteiger partial charge in [-0.25, -0.2) is 4.39 Å². The molecule has 2 nitrogen and oxygen atoms in total. The Morgan fingerprint density at radius 3 is 2.76 bits per heavy atom. The van der Waals surface area contributed by atoms with Gasteiger partial charge >= 0.3 is 0 Å². The maximum atomic E-state index is 14.0. The number of benzene rings is 1. The summed E-state index contributed by atoms with van der Waals surface area (Å²) in [5.41, 5.74) is 0.719. The number of allylic oxidation sites excluding steroid dienone is 3. The van der Waals surface area contributed by atoms with E-state index in [1.165, 1.54) is 0 Å². The van der Waals surface area contributed by atoms with E-state index in [1.807, 2.05) is 30.3 Å². The van der Waals surface area contributed by atoms with Crippen LogP contribution in [0.25, 0.3) is 0 Å². The molecule has 0 heterocycles. The first-order valence-corrected chi connectivity index (χ1v) is 7.55. The van der Waals surface area contributed by atoms with Gasteiger partial charge in [-0.3, -0.25) is 0 Å². The molecule has 114 valence electrons. The van der Waals surface area contributed by atoms with Crippen LogP contribution in [-0.2, 0) is 10.2 Å².